The highest BCUT2D eigenvalue weighted by molar-refractivity contribution is 5.98. The molecule has 0 bridgehead atoms. The van der Waals surface area contributed by atoms with Crippen LogP contribution >= 0.6 is 0 Å². The Morgan fingerprint density at radius 1 is 1.38 bits per heavy atom. The topological polar surface area (TPSA) is 102 Å². The predicted octanol–water partition coefficient (Wildman–Crippen LogP) is 3.12. The van der Waals surface area contributed by atoms with Crippen molar-refractivity contribution in [1.82, 2.24) is 0 Å². The maximum absolute atomic E-state index is 13.8. The van der Waals surface area contributed by atoms with E-state index in [2.05, 4.69) is 0 Å². The molecule has 0 radical (unpaired) electrons. The summed E-state index contributed by atoms with van der Waals surface area (Å²) in [7, 11) is 0. The Balaban J connectivity index is 2.44. The Morgan fingerprint density at radius 2 is 2.10 bits per heavy atom. The average Bonchev–Trinajstić information content (AvgIpc) is 2.42. The van der Waals surface area contributed by atoms with Crippen molar-refractivity contribution in [2.75, 3.05) is 0 Å². The first-order chi connectivity index (χ1) is 9.90. The first-order valence-electron chi connectivity index (χ1n) is 5.96. The molecule has 2 aromatic rings. The number of amidine groups is 1. The number of benzene rings is 2. The SMILES string of the molecule is Cc1cccc(C(=N)N)c1Oc1ccc([N+](=O)[O-])cc1F. The number of nitro groups is 1. The number of halogens is 1. The van der Waals surface area contributed by atoms with Crippen molar-refractivity contribution in [1.29, 1.82) is 5.41 Å². The second-order valence-corrected chi connectivity index (χ2v) is 4.34. The van der Waals surface area contributed by atoms with E-state index in [4.69, 9.17) is 15.9 Å². The lowest BCUT2D eigenvalue weighted by Gasteiger charge is -2.13. The van der Waals surface area contributed by atoms with Gasteiger partial charge in [-0.3, -0.25) is 15.5 Å². The average molecular weight is 289 g/mol. The van der Waals surface area contributed by atoms with E-state index in [-0.39, 0.29) is 23.0 Å². The van der Waals surface area contributed by atoms with E-state index < -0.39 is 10.7 Å². The molecule has 0 saturated heterocycles. The van der Waals surface area contributed by atoms with E-state index in [1.807, 2.05) is 0 Å². The summed E-state index contributed by atoms with van der Waals surface area (Å²) in [6.45, 7) is 1.73. The first kappa shape index (κ1) is 14.4. The fraction of sp³-hybridized carbons (Fsp3) is 0.0714. The summed E-state index contributed by atoms with van der Waals surface area (Å²) in [5.74, 6) is -0.992. The number of ether oxygens (including phenoxy) is 1. The second-order valence-electron chi connectivity index (χ2n) is 4.34. The van der Waals surface area contributed by atoms with Crippen molar-refractivity contribution in [3.05, 3.63) is 63.5 Å². The van der Waals surface area contributed by atoms with Gasteiger partial charge in [0.2, 0.25) is 0 Å². The Kier molecular flexibility index (Phi) is 3.84. The normalized spacial score (nSPS) is 10.2. The van der Waals surface area contributed by atoms with Crippen LogP contribution in [0, 0.1) is 28.3 Å². The fourth-order valence-corrected chi connectivity index (χ4v) is 1.80. The van der Waals surface area contributed by atoms with Crippen LogP contribution in [-0.4, -0.2) is 10.8 Å². The van der Waals surface area contributed by atoms with Crippen molar-refractivity contribution in [2.45, 2.75) is 6.92 Å². The Labute approximate surface area is 119 Å². The first-order valence-corrected chi connectivity index (χ1v) is 5.96. The number of non-ortho nitro benzene ring substituents is 1. The van der Waals surface area contributed by atoms with E-state index in [1.54, 1.807) is 25.1 Å². The molecule has 0 saturated carbocycles. The predicted molar refractivity (Wildman–Crippen MR) is 75.3 cm³/mol. The molecule has 0 amide bonds. The molecular weight excluding hydrogens is 277 g/mol. The van der Waals surface area contributed by atoms with Crippen LogP contribution in [0.25, 0.3) is 0 Å². The summed E-state index contributed by atoms with van der Waals surface area (Å²) in [6, 6.07) is 8.10. The molecule has 0 aliphatic carbocycles. The maximum atomic E-state index is 13.8. The summed E-state index contributed by atoms with van der Waals surface area (Å²) in [4.78, 5) is 9.88. The van der Waals surface area contributed by atoms with Gasteiger partial charge in [-0.1, -0.05) is 12.1 Å². The van der Waals surface area contributed by atoms with E-state index >= 15 is 0 Å². The number of nitro benzene ring substituents is 1. The quantitative estimate of drug-likeness (QED) is 0.390. The highest BCUT2D eigenvalue weighted by Gasteiger charge is 2.15. The lowest BCUT2D eigenvalue weighted by atomic mass is 10.1. The smallest absolute Gasteiger partial charge is 0.272 e. The van der Waals surface area contributed by atoms with Crippen molar-refractivity contribution in [3.63, 3.8) is 0 Å². The molecular formula is C14H12FN3O3. The van der Waals surface area contributed by atoms with Gasteiger partial charge in [0.15, 0.2) is 11.6 Å². The standard InChI is InChI=1S/C14H12FN3O3/c1-8-3-2-4-10(14(16)17)13(8)21-12-6-5-9(18(19)20)7-11(12)15/h2-7H,1H3,(H3,16,17). The number of nitrogen functional groups attached to an aromatic ring is 1. The molecule has 7 heteroatoms. The van der Waals surface area contributed by atoms with Gasteiger partial charge < -0.3 is 10.5 Å². The van der Waals surface area contributed by atoms with Crippen molar-refractivity contribution in [3.8, 4) is 11.5 Å². The molecule has 21 heavy (non-hydrogen) atoms. The van der Waals surface area contributed by atoms with E-state index in [1.165, 1.54) is 6.07 Å². The second kappa shape index (κ2) is 5.58. The Bertz CT molecular complexity index is 731. The minimum Gasteiger partial charge on any atom is -0.453 e. The third kappa shape index (κ3) is 2.97. The molecule has 0 aromatic heterocycles. The molecule has 2 aromatic carbocycles. The Morgan fingerprint density at radius 3 is 2.67 bits per heavy atom. The molecule has 6 nitrogen and oxygen atoms in total. The fourth-order valence-electron chi connectivity index (χ4n) is 1.80. The van der Waals surface area contributed by atoms with E-state index in [0.29, 0.717) is 11.1 Å². The molecule has 2 rings (SSSR count). The van der Waals surface area contributed by atoms with Gasteiger partial charge >= 0.3 is 0 Å². The van der Waals surface area contributed by atoms with Gasteiger partial charge in [-0.05, 0) is 24.6 Å². The highest BCUT2D eigenvalue weighted by Crippen LogP contribution is 2.31. The minimum atomic E-state index is -0.859. The highest BCUT2D eigenvalue weighted by atomic mass is 19.1. The molecule has 0 unspecified atom stereocenters. The largest absolute Gasteiger partial charge is 0.453 e. The van der Waals surface area contributed by atoms with E-state index in [9.17, 15) is 14.5 Å². The zero-order valence-corrected chi connectivity index (χ0v) is 11.1. The molecule has 0 atom stereocenters. The van der Waals surface area contributed by atoms with Gasteiger partial charge in [0, 0.05) is 6.07 Å². The van der Waals surface area contributed by atoms with Gasteiger partial charge in [0.25, 0.3) is 5.69 Å². The number of rotatable bonds is 4. The van der Waals surface area contributed by atoms with Gasteiger partial charge in [0.05, 0.1) is 16.6 Å². The molecule has 0 fully saturated rings. The van der Waals surface area contributed by atoms with Crippen LogP contribution < -0.4 is 10.5 Å². The van der Waals surface area contributed by atoms with Gasteiger partial charge in [0.1, 0.15) is 11.6 Å². The van der Waals surface area contributed by atoms with Crippen molar-refractivity contribution in [2.24, 2.45) is 5.73 Å². The molecule has 3 N–H and O–H groups in total. The number of aryl methyl sites for hydroxylation is 1. The monoisotopic (exact) mass is 289 g/mol. The lowest BCUT2D eigenvalue weighted by Crippen LogP contribution is -2.13. The number of hydrogen-bond donors (Lipinski definition) is 2. The summed E-state index contributed by atoms with van der Waals surface area (Å²) in [5.41, 5.74) is 6.09. The third-order valence-electron chi connectivity index (χ3n) is 2.84. The number of hydrogen-bond acceptors (Lipinski definition) is 4. The molecule has 0 aliphatic rings. The van der Waals surface area contributed by atoms with Crippen LogP contribution in [0.5, 0.6) is 11.5 Å². The van der Waals surface area contributed by atoms with Gasteiger partial charge in [-0.2, -0.15) is 0 Å². The van der Waals surface area contributed by atoms with E-state index in [0.717, 1.165) is 12.1 Å². The minimum absolute atomic E-state index is 0.169. The third-order valence-corrected chi connectivity index (χ3v) is 2.84. The van der Waals surface area contributed by atoms with Crippen LogP contribution in [0.4, 0.5) is 10.1 Å². The zero-order chi connectivity index (χ0) is 15.6. The molecule has 108 valence electrons. The maximum Gasteiger partial charge on any atom is 0.272 e. The zero-order valence-electron chi connectivity index (χ0n) is 11.1. The van der Waals surface area contributed by atoms with Gasteiger partial charge in [-0.25, -0.2) is 4.39 Å². The van der Waals surface area contributed by atoms with Crippen LogP contribution in [-0.2, 0) is 0 Å². The number of nitrogens with one attached hydrogen (secondary N) is 1. The van der Waals surface area contributed by atoms with Crippen molar-refractivity contribution >= 4 is 11.5 Å². The number of nitrogens with two attached hydrogens (primary N) is 1. The van der Waals surface area contributed by atoms with Crippen LogP contribution in [0.1, 0.15) is 11.1 Å². The van der Waals surface area contributed by atoms with Crippen molar-refractivity contribution < 1.29 is 14.1 Å². The summed E-state index contributed by atoms with van der Waals surface area (Å²) < 4.78 is 19.3. The Hall–Kier alpha value is -2.96. The summed E-state index contributed by atoms with van der Waals surface area (Å²) >= 11 is 0. The van der Waals surface area contributed by atoms with Crippen LogP contribution in [0.3, 0.4) is 0 Å². The number of para-hydroxylation sites is 1. The number of nitrogens with zero attached hydrogens (tertiary/aromatic N) is 1. The lowest BCUT2D eigenvalue weighted by molar-refractivity contribution is -0.385. The van der Waals surface area contributed by atoms with Crippen LogP contribution in [0.15, 0.2) is 36.4 Å². The summed E-state index contributed by atoms with van der Waals surface area (Å²) in [6.07, 6.45) is 0. The van der Waals surface area contributed by atoms with Gasteiger partial charge in [-0.15, -0.1) is 0 Å². The summed E-state index contributed by atoms with van der Waals surface area (Å²) in [5, 5.41) is 18.1. The molecule has 0 heterocycles. The molecule has 0 aliphatic heterocycles. The molecule has 0 spiro atoms. The van der Waals surface area contributed by atoms with Crippen LogP contribution in [0.2, 0.25) is 0 Å².